The average Bonchev–Trinajstić information content (AvgIpc) is 3.09. The van der Waals surface area contributed by atoms with Crippen molar-refractivity contribution < 1.29 is 18.0 Å². The number of hydrogen-bond donors (Lipinski definition) is 1. The molecule has 0 atom stereocenters. The van der Waals surface area contributed by atoms with Crippen molar-refractivity contribution in [3.05, 3.63) is 83.3 Å². The summed E-state index contributed by atoms with van der Waals surface area (Å²) in [5, 5.41) is 3.39. The largest absolute Gasteiger partial charge is 0.298 e. The standard InChI is InChI=1S/C20H12F3N3OS2/c21-12-5-3-11(4-6-12)10-28-19-13(2-1-7-24-19)18(27)26-20-25-16-8-14(22)15(23)9-17(16)29-20/h1-9H,10H2,(H,25,26,27). The van der Waals surface area contributed by atoms with E-state index in [1.165, 1.54) is 23.9 Å². The van der Waals surface area contributed by atoms with Gasteiger partial charge < -0.3 is 0 Å². The van der Waals surface area contributed by atoms with Gasteiger partial charge in [-0.05, 0) is 35.9 Å². The number of nitrogens with one attached hydrogen (secondary N) is 1. The number of thiazole rings is 1. The van der Waals surface area contributed by atoms with Crippen molar-refractivity contribution in [2.75, 3.05) is 5.32 Å². The van der Waals surface area contributed by atoms with Crippen LogP contribution in [-0.4, -0.2) is 15.9 Å². The molecule has 29 heavy (non-hydrogen) atoms. The van der Waals surface area contributed by atoms with Crippen molar-refractivity contribution in [1.29, 1.82) is 0 Å². The third-order valence-corrected chi connectivity index (χ3v) is 5.97. The van der Waals surface area contributed by atoms with Crippen LogP contribution in [-0.2, 0) is 5.75 Å². The quantitative estimate of drug-likeness (QED) is 0.415. The van der Waals surface area contributed by atoms with E-state index in [-0.39, 0.29) is 16.5 Å². The Kier molecular flexibility index (Phi) is 5.50. The van der Waals surface area contributed by atoms with Crippen molar-refractivity contribution in [3.63, 3.8) is 0 Å². The molecule has 0 unspecified atom stereocenters. The third-order valence-electron chi connectivity index (χ3n) is 3.96. The van der Waals surface area contributed by atoms with Gasteiger partial charge in [-0.3, -0.25) is 10.1 Å². The highest BCUT2D eigenvalue weighted by molar-refractivity contribution is 7.98. The first kappa shape index (κ1) is 19.4. The first-order valence-electron chi connectivity index (χ1n) is 8.39. The summed E-state index contributed by atoms with van der Waals surface area (Å²) in [5.74, 6) is -2.19. The number of pyridine rings is 1. The highest BCUT2D eigenvalue weighted by Gasteiger charge is 2.16. The molecule has 2 aromatic carbocycles. The van der Waals surface area contributed by atoms with Crippen LogP contribution in [0, 0.1) is 17.5 Å². The molecule has 2 aromatic heterocycles. The van der Waals surface area contributed by atoms with Crippen LogP contribution >= 0.6 is 23.1 Å². The molecule has 2 heterocycles. The van der Waals surface area contributed by atoms with Crippen LogP contribution in [0.1, 0.15) is 15.9 Å². The van der Waals surface area contributed by atoms with E-state index in [0.29, 0.717) is 21.0 Å². The summed E-state index contributed by atoms with van der Waals surface area (Å²) in [6.45, 7) is 0. The second-order valence-corrected chi connectivity index (χ2v) is 7.97. The number of anilines is 1. The van der Waals surface area contributed by atoms with Crippen molar-refractivity contribution in [2.45, 2.75) is 10.8 Å². The molecule has 0 spiro atoms. The molecular weight excluding hydrogens is 419 g/mol. The number of aromatic nitrogens is 2. The van der Waals surface area contributed by atoms with Gasteiger partial charge in [0.15, 0.2) is 16.8 Å². The summed E-state index contributed by atoms with van der Waals surface area (Å²) in [4.78, 5) is 21.1. The first-order chi connectivity index (χ1) is 14.0. The summed E-state index contributed by atoms with van der Waals surface area (Å²) in [6, 6.07) is 11.4. The molecule has 1 N–H and O–H groups in total. The Morgan fingerprint density at radius 2 is 1.83 bits per heavy atom. The molecule has 4 rings (SSSR count). The van der Waals surface area contributed by atoms with Gasteiger partial charge in [-0.15, -0.1) is 11.8 Å². The second kappa shape index (κ2) is 8.22. The molecule has 0 bridgehead atoms. The number of fused-ring (bicyclic) bond motifs is 1. The van der Waals surface area contributed by atoms with E-state index in [4.69, 9.17) is 0 Å². The minimum absolute atomic E-state index is 0.230. The number of thioether (sulfide) groups is 1. The molecule has 0 aliphatic heterocycles. The number of carbonyl (C=O) groups excluding carboxylic acids is 1. The molecule has 1 amide bonds. The normalized spacial score (nSPS) is 11.0. The maximum atomic E-state index is 13.4. The number of nitrogens with zero attached hydrogens (tertiary/aromatic N) is 2. The van der Waals surface area contributed by atoms with Gasteiger partial charge in [0.1, 0.15) is 10.8 Å². The van der Waals surface area contributed by atoms with Crippen LogP contribution in [0.25, 0.3) is 10.2 Å². The number of carbonyl (C=O) groups is 1. The van der Waals surface area contributed by atoms with Gasteiger partial charge in [0.2, 0.25) is 0 Å². The number of benzene rings is 2. The van der Waals surface area contributed by atoms with Crippen molar-refractivity contribution >= 4 is 44.4 Å². The molecule has 0 radical (unpaired) electrons. The lowest BCUT2D eigenvalue weighted by Crippen LogP contribution is -2.13. The number of amides is 1. The molecule has 4 nitrogen and oxygen atoms in total. The van der Waals surface area contributed by atoms with Crippen molar-refractivity contribution in [3.8, 4) is 0 Å². The molecule has 0 saturated carbocycles. The topological polar surface area (TPSA) is 54.9 Å². The Balaban J connectivity index is 1.52. The predicted octanol–water partition coefficient (Wildman–Crippen LogP) is 5.65. The summed E-state index contributed by atoms with van der Waals surface area (Å²) in [5.41, 5.74) is 1.50. The van der Waals surface area contributed by atoms with Crippen LogP contribution in [0.15, 0.2) is 59.8 Å². The van der Waals surface area contributed by atoms with Crippen molar-refractivity contribution in [2.24, 2.45) is 0 Å². The van der Waals surface area contributed by atoms with E-state index in [9.17, 15) is 18.0 Å². The molecule has 146 valence electrons. The summed E-state index contributed by atoms with van der Waals surface area (Å²) in [6.07, 6.45) is 1.58. The van der Waals surface area contributed by atoms with E-state index in [2.05, 4.69) is 15.3 Å². The lowest BCUT2D eigenvalue weighted by Gasteiger charge is -2.07. The fraction of sp³-hybridized carbons (Fsp3) is 0.0500. The van der Waals surface area contributed by atoms with Gasteiger partial charge in [0.05, 0.1) is 15.8 Å². The zero-order valence-electron chi connectivity index (χ0n) is 14.7. The molecular formula is C20H12F3N3OS2. The molecule has 0 aliphatic carbocycles. The van der Waals surface area contributed by atoms with E-state index in [1.807, 2.05) is 0 Å². The Morgan fingerprint density at radius 1 is 1.07 bits per heavy atom. The zero-order valence-corrected chi connectivity index (χ0v) is 16.3. The Morgan fingerprint density at radius 3 is 2.62 bits per heavy atom. The predicted molar refractivity (Wildman–Crippen MR) is 108 cm³/mol. The minimum atomic E-state index is -0.993. The van der Waals surface area contributed by atoms with E-state index < -0.39 is 17.5 Å². The SMILES string of the molecule is O=C(Nc1nc2cc(F)c(F)cc2s1)c1cccnc1SCc1ccc(F)cc1. The average molecular weight is 431 g/mol. The van der Waals surface area contributed by atoms with Gasteiger partial charge in [-0.2, -0.15) is 0 Å². The Labute approximate surface area is 171 Å². The number of rotatable bonds is 5. The fourth-order valence-electron chi connectivity index (χ4n) is 2.55. The third kappa shape index (κ3) is 4.41. The van der Waals surface area contributed by atoms with Crippen molar-refractivity contribution in [1.82, 2.24) is 9.97 Å². The van der Waals surface area contributed by atoms with Crippen LogP contribution in [0.2, 0.25) is 0 Å². The van der Waals surface area contributed by atoms with Gasteiger partial charge in [0, 0.05) is 18.0 Å². The maximum absolute atomic E-state index is 13.4. The number of halogens is 3. The smallest absolute Gasteiger partial charge is 0.260 e. The number of hydrogen-bond acceptors (Lipinski definition) is 5. The summed E-state index contributed by atoms with van der Waals surface area (Å²) < 4.78 is 40.2. The van der Waals surface area contributed by atoms with Crippen LogP contribution in [0.4, 0.5) is 18.3 Å². The van der Waals surface area contributed by atoms with Crippen LogP contribution in [0.5, 0.6) is 0 Å². The highest BCUT2D eigenvalue weighted by atomic mass is 32.2. The summed E-state index contributed by atoms with van der Waals surface area (Å²) in [7, 11) is 0. The van der Waals surface area contributed by atoms with E-state index in [0.717, 1.165) is 29.0 Å². The highest BCUT2D eigenvalue weighted by Crippen LogP contribution is 2.29. The molecule has 9 heteroatoms. The molecule has 4 aromatic rings. The van der Waals surface area contributed by atoms with Gasteiger partial charge >= 0.3 is 0 Å². The first-order valence-corrected chi connectivity index (χ1v) is 10.2. The second-order valence-electron chi connectivity index (χ2n) is 5.98. The Hall–Kier alpha value is -2.91. The molecule has 0 saturated heterocycles. The zero-order chi connectivity index (χ0) is 20.4. The van der Waals surface area contributed by atoms with Crippen LogP contribution in [0.3, 0.4) is 0 Å². The fourth-order valence-corrected chi connectivity index (χ4v) is 4.37. The Bertz CT molecular complexity index is 1160. The monoisotopic (exact) mass is 431 g/mol. The molecule has 0 aliphatic rings. The van der Waals surface area contributed by atoms with E-state index in [1.54, 1.807) is 30.5 Å². The van der Waals surface area contributed by atoms with Crippen LogP contribution < -0.4 is 5.32 Å². The van der Waals surface area contributed by atoms with Gasteiger partial charge in [-0.25, -0.2) is 23.1 Å². The lowest BCUT2D eigenvalue weighted by molar-refractivity contribution is 0.102. The lowest BCUT2D eigenvalue weighted by atomic mass is 10.2. The maximum Gasteiger partial charge on any atom is 0.260 e. The molecule has 0 fully saturated rings. The minimum Gasteiger partial charge on any atom is -0.298 e. The van der Waals surface area contributed by atoms with E-state index >= 15 is 0 Å². The van der Waals surface area contributed by atoms with Gasteiger partial charge in [-0.1, -0.05) is 23.5 Å². The van der Waals surface area contributed by atoms with Gasteiger partial charge in [0.25, 0.3) is 5.91 Å². The summed E-state index contributed by atoms with van der Waals surface area (Å²) >= 11 is 2.39.